The summed E-state index contributed by atoms with van der Waals surface area (Å²) in [6, 6.07) is 0. The summed E-state index contributed by atoms with van der Waals surface area (Å²) < 4.78 is 1.85. The number of anilines is 1. The Morgan fingerprint density at radius 3 is 2.81 bits per heavy atom. The monoisotopic (exact) mass is 217 g/mol. The molecule has 0 spiro atoms. The molecule has 0 unspecified atom stereocenters. The van der Waals surface area contributed by atoms with E-state index in [-0.39, 0.29) is 0 Å². The molecule has 1 aromatic heterocycles. The first-order valence-electron chi connectivity index (χ1n) is 5.96. The lowest BCUT2D eigenvalue weighted by molar-refractivity contribution is 0.345. The molecule has 1 fully saturated rings. The number of nitrogens with two attached hydrogens (primary N) is 1. The third-order valence-corrected chi connectivity index (χ3v) is 3.57. The fourth-order valence-electron chi connectivity index (χ4n) is 2.48. The minimum Gasteiger partial charge on any atom is -0.384 e. The highest BCUT2D eigenvalue weighted by molar-refractivity contribution is 5.39. The molecular formula is C13H19N3. The molecule has 0 radical (unpaired) electrons. The number of hydrogen-bond donors (Lipinski definition) is 1. The van der Waals surface area contributed by atoms with Crippen LogP contribution in [0, 0.1) is 18.3 Å². The molecule has 86 valence electrons. The Morgan fingerprint density at radius 2 is 2.19 bits per heavy atom. The van der Waals surface area contributed by atoms with Gasteiger partial charge in [-0.25, -0.2) is 4.98 Å². The molecule has 1 saturated carbocycles. The summed E-state index contributed by atoms with van der Waals surface area (Å²) in [6.07, 6.45) is 12.0. The van der Waals surface area contributed by atoms with Crippen molar-refractivity contribution in [2.75, 3.05) is 5.73 Å². The number of hydrogen-bond acceptors (Lipinski definition) is 2. The molecule has 3 nitrogen and oxygen atoms in total. The van der Waals surface area contributed by atoms with Crippen molar-refractivity contribution in [3.8, 4) is 12.3 Å². The van der Waals surface area contributed by atoms with Gasteiger partial charge in [0.25, 0.3) is 0 Å². The Hall–Kier alpha value is -1.43. The van der Waals surface area contributed by atoms with Crippen LogP contribution < -0.4 is 5.73 Å². The Bertz CT molecular complexity index is 392. The van der Waals surface area contributed by atoms with Gasteiger partial charge in [0.2, 0.25) is 0 Å². The zero-order valence-corrected chi connectivity index (χ0v) is 9.82. The fourth-order valence-corrected chi connectivity index (χ4v) is 2.48. The predicted octanol–water partition coefficient (Wildman–Crippen LogP) is 2.39. The van der Waals surface area contributed by atoms with Crippen molar-refractivity contribution < 1.29 is 0 Å². The average molecular weight is 217 g/mol. The second-order valence-electron chi connectivity index (χ2n) is 4.80. The van der Waals surface area contributed by atoms with Crippen molar-refractivity contribution in [1.29, 1.82) is 0 Å². The summed E-state index contributed by atoms with van der Waals surface area (Å²) in [5.74, 6) is 4.74. The van der Waals surface area contributed by atoms with Gasteiger partial charge in [-0.1, -0.05) is 25.7 Å². The van der Waals surface area contributed by atoms with E-state index in [9.17, 15) is 0 Å². The second-order valence-corrected chi connectivity index (χ2v) is 4.80. The van der Waals surface area contributed by atoms with E-state index in [4.69, 9.17) is 12.2 Å². The van der Waals surface area contributed by atoms with Gasteiger partial charge in [0.15, 0.2) is 0 Å². The van der Waals surface area contributed by atoms with Crippen LogP contribution in [0.25, 0.3) is 0 Å². The smallest absolute Gasteiger partial charge is 0.127 e. The van der Waals surface area contributed by atoms with E-state index in [0.29, 0.717) is 12.5 Å². The van der Waals surface area contributed by atoms with Crippen molar-refractivity contribution in [3.63, 3.8) is 0 Å². The molecule has 0 aliphatic heterocycles. The molecule has 1 aliphatic rings. The van der Waals surface area contributed by atoms with Gasteiger partial charge < -0.3 is 10.3 Å². The highest BCUT2D eigenvalue weighted by Gasteiger charge is 2.23. The van der Waals surface area contributed by atoms with Crippen molar-refractivity contribution >= 4 is 5.82 Å². The highest BCUT2D eigenvalue weighted by atomic mass is 15.1. The van der Waals surface area contributed by atoms with Gasteiger partial charge in [-0.15, -0.1) is 6.42 Å². The van der Waals surface area contributed by atoms with Gasteiger partial charge in [0, 0.05) is 5.92 Å². The van der Waals surface area contributed by atoms with Crippen LogP contribution in [0.3, 0.4) is 0 Å². The van der Waals surface area contributed by atoms with E-state index in [2.05, 4.69) is 17.8 Å². The average Bonchev–Trinajstić information content (AvgIpc) is 2.63. The summed E-state index contributed by atoms with van der Waals surface area (Å²) in [7, 11) is 0. The minimum atomic E-state index is 0.516. The van der Waals surface area contributed by atoms with Crippen LogP contribution in [0.4, 0.5) is 5.82 Å². The van der Waals surface area contributed by atoms with Crippen LogP contribution in [-0.4, -0.2) is 9.55 Å². The molecule has 0 aromatic carbocycles. The third-order valence-electron chi connectivity index (χ3n) is 3.57. The molecule has 3 heteroatoms. The summed E-state index contributed by atoms with van der Waals surface area (Å²) >= 11 is 0. The first-order valence-corrected chi connectivity index (χ1v) is 5.96. The topological polar surface area (TPSA) is 43.8 Å². The van der Waals surface area contributed by atoms with Crippen LogP contribution in [-0.2, 0) is 6.54 Å². The van der Waals surface area contributed by atoms with Crippen LogP contribution in [0.2, 0.25) is 0 Å². The molecule has 2 rings (SSSR count). The Balaban J connectivity index is 2.12. The third kappa shape index (κ3) is 2.06. The number of rotatable bonds is 2. The minimum absolute atomic E-state index is 0.516. The normalized spacial score (nSPS) is 25.2. The molecule has 0 atom stereocenters. The van der Waals surface area contributed by atoms with Crippen LogP contribution in [0.15, 0.2) is 6.33 Å². The molecule has 16 heavy (non-hydrogen) atoms. The largest absolute Gasteiger partial charge is 0.384 e. The van der Waals surface area contributed by atoms with E-state index in [1.54, 1.807) is 6.33 Å². The van der Waals surface area contributed by atoms with E-state index < -0.39 is 0 Å². The van der Waals surface area contributed by atoms with Crippen molar-refractivity contribution in [2.45, 2.75) is 45.1 Å². The summed E-state index contributed by atoms with van der Waals surface area (Å²) in [6.45, 7) is 2.83. The standard InChI is InChI=1S/C13H19N3/c1-3-8-16-9-15-12(13(16)14)11-6-4-10(2)5-7-11/h1,9-11H,4-8,14H2,2H3. The summed E-state index contributed by atoms with van der Waals surface area (Å²) in [4.78, 5) is 4.43. The van der Waals surface area contributed by atoms with Gasteiger partial charge >= 0.3 is 0 Å². The number of imidazole rings is 1. The van der Waals surface area contributed by atoms with E-state index in [0.717, 1.165) is 17.4 Å². The molecule has 0 bridgehead atoms. The van der Waals surface area contributed by atoms with E-state index >= 15 is 0 Å². The fraction of sp³-hybridized carbons (Fsp3) is 0.615. The molecule has 1 aliphatic carbocycles. The lowest BCUT2D eigenvalue weighted by Gasteiger charge is -2.25. The lowest BCUT2D eigenvalue weighted by Crippen LogP contribution is -2.13. The first-order chi connectivity index (χ1) is 7.72. The zero-order valence-electron chi connectivity index (χ0n) is 9.82. The van der Waals surface area contributed by atoms with Crippen LogP contribution in [0.5, 0.6) is 0 Å². The molecule has 1 heterocycles. The molecular weight excluding hydrogens is 198 g/mol. The molecule has 2 N–H and O–H groups in total. The molecule has 0 amide bonds. The van der Waals surface area contributed by atoms with Crippen molar-refractivity contribution in [1.82, 2.24) is 9.55 Å². The Labute approximate surface area is 97.1 Å². The SMILES string of the molecule is C#CCn1cnc(C2CCC(C)CC2)c1N. The first kappa shape index (κ1) is 11.1. The molecule has 0 saturated heterocycles. The maximum atomic E-state index is 6.06. The number of nitrogens with zero attached hydrogens (tertiary/aromatic N) is 2. The van der Waals surface area contributed by atoms with Crippen molar-refractivity contribution in [2.24, 2.45) is 5.92 Å². The van der Waals surface area contributed by atoms with Gasteiger partial charge in [0.05, 0.1) is 18.6 Å². The zero-order chi connectivity index (χ0) is 11.5. The number of aromatic nitrogens is 2. The maximum Gasteiger partial charge on any atom is 0.127 e. The maximum absolute atomic E-state index is 6.06. The Morgan fingerprint density at radius 1 is 1.50 bits per heavy atom. The number of nitrogen functional groups attached to an aromatic ring is 1. The molecule has 1 aromatic rings. The summed E-state index contributed by atoms with van der Waals surface area (Å²) in [5, 5.41) is 0. The Kier molecular flexibility index (Phi) is 3.19. The highest BCUT2D eigenvalue weighted by Crippen LogP contribution is 2.36. The van der Waals surface area contributed by atoms with E-state index in [1.165, 1.54) is 25.7 Å². The number of terminal acetylenes is 1. The van der Waals surface area contributed by atoms with Crippen molar-refractivity contribution in [3.05, 3.63) is 12.0 Å². The second kappa shape index (κ2) is 4.61. The van der Waals surface area contributed by atoms with Crippen LogP contribution >= 0.6 is 0 Å². The van der Waals surface area contributed by atoms with Gasteiger partial charge in [-0.2, -0.15) is 0 Å². The lowest BCUT2D eigenvalue weighted by atomic mass is 9.81. The van der Waals surface area contributed by atoms with Gasteiger partial charge in [-0.05, 0) is 18.8 Å². The summed E-state index contributed by atoms with van der Waals surface area (Å²) in [5.41, 5.74) is 7.12. The van der Waals surface area contributed by atoms with Gasteiger partial charge in [-0.3, -0.25) is 0 Å². The predicted molar refractivity (Wildman–Crippen MR) is 65.8 cm³/mol. The van der Waals surface area contributed by atoms with Crippen LogP contribution in [0.1, 0.15) is 44.2 Å². The quantitative estimate of drug-likeness (QED) is 0.773. The van der Waals surface area contributed by atoms with Gasteiger partial charge in [0.1, 0.15) is 5.82 Å². The van der Waals surface area contributed by atoms with E-state index in [1.807, 2.05) is 4.57 Å².